The van der Waals surface area contributed by atoms with E-state index in [2.05, 4.69) is 15.5 Å². The molecule has 1 saturated heterocycles. The van der Waals surface area contributed by atoms with Crippen LogP contribution in [0.4, 0.5) is 24.5 Å². The van der Waals surface area contributed by atoms with Crippen LogP contribution >= 0.6 is 11.6 Å². The molecule has 0 saturated carbocycles. The maximum Gasteiger partial charge on any atom is 0.243 e. The van der Waals surface area contributed by atoms with E-state index in [-0.39, 0.29) is 5.91 Å². The predicted octanol–water partition coefficient (Wildman–Crippen LogP) is 3.02. The van der Waals surface area contributed by atoms with E-state index < -0.39 is 41.6 Å². The summed E-state index contributed by atoms with van der Waals surface area (Å²) in [5.41, 5.74) is 0.522. The number of piperazine rings is 1. The van der Waals surface area contributed by atoms with Crippen LogP contribution in [0.3, 0.4) is 0 Å². The van der Waals surface area contributed by atoms with Crippen LogP contribution in [0.5, 0.6) is 0 Å². The number of rotatable bonds is 6. The van der Waals surface area contributed by atoms with Gasteiger partial charge in [0, 0.05) is 36.9 Å². The average molecular weight is 455 g/mol. The van der Waals surface area contributed by atoms with Gasteiger partial charge in [0.05, 0.1) is 18.3 Å². The zero-order valence-electron chi connectivity index (χ0n) is 16.8. The van der Waals surface area contributed by atoms with E-state index in [0.717, 1.165) is 11.8 Å². The molecule has 1 atom stereocenters. The summed E-state index contributed by atoms with van der Waals surface area (Å²) in [6, 6.07) is 8.71. The van der Waals surface area contributed by atoms with Gasteiger partial charge in [-0.3, -0.25) is 14.5 Å². The van der Waals surface area contributed by atoms with Gasteiger partial charge in [0.15, 0.2) is 17.5 Å². The van der Waals surface area contributed by atoms with Gasteiger partial charge in [0.1, 0.15) is 0 Å². The van der Waals surface area contributed by atoms with E-state index in [1.165, 1.54) is 0 Å². The minimum absolute atomic E-state index is 0.364. The molecular weight excluding hydrogens is 433 g/mol. The van der Waals surface area contributed by atoms with Crippen molar-refractivity contribution >= 4 is 34.8 Å². The third-order valence-corrected chi connectivity index (χ3v) is 5.38. The summed E-state index contributed by atoms with van der Waals surface area (Å²) in [4.78, 5) is 28.5. The fraction of sp³-hybridized carbons (Fsp3) is 0.333. The fourth-order valence-corrected chi connectivity index (χ4v) is 3.52. The number of anilines is 2. The van der Waals surface area contributed by atoms with E-state index >= 15 is 0 Å². The van der Waals surface area contributed by atoms with Crippen LogP contribution < -0.4 is 15.5 Å². The topological polar surface area (TPSA) is 64.7 Å². The van der Waals surface area contributed by atoms with E-state index in [0.29, 0.717) is 37.3 Å². The third-order valence-electron chi connectivity index (χ3n) is 5.15. The Bertz CT molecular complexity index is 968. The monoisotopic (exact) mass is 454 g/mol. The highest BCUT2D eigenvalue weighted by Crippen LogP contribution is 2.21. The number of amides is 2. The van der Waals surface area contributed by atoms with Crippen molar-refractivity contribution < 1.29 is 22.8 Å². The lowest BCUT2D eigenvalue weighted by Gasteiger charge is -2.38. The number of nitrogens with one attached hydrogen (secondary N) is 2. The SMILES string of the molecule is CC(C(=O)NCC(=O)Nc1ccc(F)c(F)c1F)N1CCN(c2cccc(Cl)c2)CC1. The van der Waals surface area contributed by atoms with Gasteiger partial charge in [0.2, 0.25) is 11.8 Å². The zero-order chi connectivity index (χ0) is 22.5. The molecule has 1 aliphatic heterocycles. The lowest BCUT2D eigenvalue weighted by molar-refractivity contribution is -0.128. The summed E-state index contributed by atoms with van der Waals surface area (Å²) in [5.74, 6) is -5.64. The molecule has 0 radical (unpaired) electrons. The first-order chi connectivity index (χ1) is 14.8. The van der Waals surface area contributed by atoms with Crippen molar-refractivity contribution in [1.29, 1.82) is 0 Å². The number of hydrogen-bond donors (Lipinski definition) is 2. The van der Waals surface area contributed by atoms with Crippen LogP contribution in [0.2, 0.25) is 5.02 Å². The number of benzene rings is 2. The molecule has 0 spiro atoms. The van der Waals surface area contributed by atoms with Crippen LogP contribution in [0, 0.1) is 17.5 Å². The Morgan fingerprint density at radius 2 is 1.77 bits per heavy atom. The molecule has 1 unspecified atom stereocenters. The fourth-order valence-electron chi connectivity index (χ4n) is 3.34. The molecule has 3 rings (SSSR count). The van der Waals surface area contributed by atoms with Crippen molar-refractivity contribution in [2.45, 2.75) is 13.0 Å². The molecule has 1 aliphatic rings. The molecule has 1 heterocycles. The molecule has 2 amide bonds. The Morgan fingerprint density at radius 1 is 1.06 bits per heavy atom. The average Bonchev–Trinajstić information content (AvgIpc) is 2.77. The number of halogens is 4. The Balaban J connectivity index is 1.46. The first-order valence-corrected chi connectivity index (χ1v) is 10.1. The number of carbonyl (C=O) groups excluding carboxylic acids is 2. The molecule has 166 valence electrons. The normalized spacial score (nSPS) is 15.5. The second-order valence-corrected chi connectivity index (χ2v) is 7.60. The smallest absolute Gasteiger partial charge is 0.243 e. The van der Waals surface area contributed by atoms with Crippen molar-refractivity contribution in [3.05, 3.63) is 58.9 Å². The molecule has 2 N–H and O–H groups in total. The van der Waals surface area contributed by atoms with E-state index in [9.17, 15) is 22.8 Å². The molecule has 0 aromatic heterocycles. The van der Waals surface area contributed by atoms with Gasteiger partial charge in [-0.1, -0.05) is 17.7 Å². The predicted molar refractivity (Wildman–Crippen MR) is 113 cm³/mol. The van der Waals surface area contributed by atoms with Crippen molar-refractivity contribution in [1.82, 2.24) is 10.2 Å². The van der Waals surface area contributed by atoms with E-state index in [1.54, 1.807) is 6.92 Å². The van der Waals surface area contributed by atoms with Gasteiger partial charge < -0.3 is 15.5 Å². The Labute approximate surface area is 183 Å². The van der Waals surface area contributed by atoms with Gasteiger partial charge in [0.25, 0.3) is 0 Å². The minimum Gasteiger partial charge on any atom is -0.369 e. The van der Waals surface area contributed by atoms with Crippen LogP contribution in [0.25, 0.3) is 0 Å². The molecular formula is C21H22ClF3N4O2. The molecule has 2 aromatic carbocycles. The first-order valence-electron chi connectivity index (χ1n) is 9.72. The van der Waals surface area contributed by atoms with Crippen molar-refractivity contribution in [3.8, 4) is 0 Å². The summed E-state index contributed by atoms with van der Waals surface area (Å²) in [6.07, 6.45) is 0. The van der Waals surface area contributed by atoms with E-state index in [1.807, 2.05) is 29.2 Å². The standard InChI is InChI=1S/C21H22ClF3N4O2/c1-13(28-7-9-29(10-8-28)15-4-2-3-14(22)11-15)21(31)26-12-18(30)27-17-6-5-16(23)19(24)20(17)25/h2-6,11,13H,7-10,12H2,1H3,(H,26,31)(H,27,30). The lowest BCUT2D eigenvalue weighted by atomic mass is 10.2. The molecule has 1 fully saturated rings. The number of nitrogens with zero attached hydrogens (tertiary/aromatic N) is 2. The Hall–Kier alpha value is -2.78. The van der Waals surface area contributed by atoms with Crippen LogP contribution in [-0.4, -0.2) is 55.5 Å². The summed E-state index contributed by atoms with van der Waals surface area (Å²) >= 11 is 6.04. The quantitative estimate of drug-likeness (QED) is 0.659. The van der Waals surface area contributed by atoms with Crippen molar-refractivity contribution in [2.75, 3.05) is 42.9 Å². The maximum absolute atomic E-state index is 13.6. The largest absolute Gasteiger partial charge is 0.369 e. The van der Waals surface area contributed by atoms with Crippen LogP contribution in [0.1, 0.15) is 6.92 Å². The highest BCUT2D eigenvalue weighted by molar-refractivity contribution is 6.30. The summed E-state index contributed by atoms with van der Waals surface area (Å²) in [7, 11) is 0. The summed E-state index contributed by atoms with van der Waals surface area (Å²) in [6.45, 7) is 4.03. The highest BCUT2D eigenvalue weighted by Gasteiger charge is 2.26. The van der Waals surface area contributed by atoms with Crippen LogP contribution in [0.15, 0.2) is 36.4 Å². The third kappa shape index (κ3) is 5.68. The second kappa shape index (κ2) is 10.0. The number of hydrogen-bond acceptors (Lipinski definition) is 4. The van der Waals surface area contributed by atoms with Gasteiger partial charge in [-0.15, -0.1) is 0 Å². The van der Waals surface area contributed by atoms with Gasteiger partial charge in [-0.2, -0.15) is 0 Å². The first kappa shape index (κ1) is 22.9. The van der Waals surface area contributed by atoms with Crippen molar-refractivity contribution in [2.24, 2.45) is 0 Å². The van der Waals surface area contributed by atoms with Gasteiger partial charge in [-0.05, 0) is 37.3 Å². The molecule has 31 heavy (non-hydrogen) atoms. The van der Waals surface area contributed by atoms with E-state index in [4.69, 9.17) is 11.6 Å². The highest BCUT2D eigenvalue weighted by atomic mass is 35.5. The molecule has 10 heteroatoms. The zero-order valence-corrected chi connectivity index (χ0v) is 17.6. The maximum atomic E-state index is 13.6. The minimum atomic E-state index is -1.67. The van der Waals surface area contributed by atoms with Crippen molar-refractivity contribution in [3.63, 3.8) is 0 Å². The molecule has 0 aliphatic carbocycles. The Morgan fingerprint density at radius 3 is 2.45 bits per heavy atom. The summed E-state index contributed by atoms with van der Waals surface area (Å²) < 4.78 is 39.8. The molecule has 0 bridgehead atoms. The van der Waals surface area contributed by atoms with Gasteiger partial charge in [-0.25, -0.2) is 13.2 Å². The second-order valence-electron chi connectivity index (χ2n) is 7.17. The number of carbonyl (C=O) groups is 2. The van der Waals surface area contributed by atoms with Crippen LogP contribution in [-0.2, 0) is 9.59 Å². The lowest BCUT2D eigenvalue weighted by Crippen LogP contribution is -2.54. The molecule has 2 aromatic rings. The van der Waals surface area contributed by atoms with Gasteiger partial charge >= 0.3 is 0 Å². The summed E-state index contributed by atoms with van der Waals surface area (Å²) in [5, 5.41) is 5.26. The Kier molecular flexibility index (Phi) is 7.40. The molecule has 6 nitrogen and oxygen atoms in total.